The van der Waals surface area contributed by atoms with Crippen LogP contribution >= 0.6 is 24.0 Å². The standard InChI is InChI=1S/C21H18N2O4S2/c1-13-7-9-14(10-8-13)11-17-19(25)23(21(28)29-17)12-18(24)22(2)16-6-4-3-5-15(16)20(26)27/h3-11H,12H2,1-2H3,(H,26,27)/b17-11-. The van der Waals surface area contributed by atoms with Crippen molar-refractivity contribution in [1.29, 1.82) is 0 Å². The van der Waals surface area contributed by atoms with E-state index in [1.807, 2.05) is 31.2 Å². The third-order valence-electron chi connectivity index (χ3n) is 4.41. The third-order valence-corrected chi connectivity index (χ3v) is 5.79. The minimum Gasteiger partial charge on any atom is -0.478 e. The highest BCUT2D eigenvalue weighted by atomic mass is 32.2. The molecule has 29 heavy (non-hydrogen) atoms. The molecule has 0 aromatic heterocycles. The van der Waals surface area contributed by atoms with E-state index >= 15 is 0 Å². The van der Waals surface area contributed by atoms with Crippen LogP contribution in [0.1, 0.15) is 21.5 Å². The van der Waals surface area contributed by atoms with Gasteiger partial charge in [0.2, 0.25) is 5.91 Å². The number of nitrogens with zero attached hydrogens (tertiary/aromatic N) is 2. The molecule has 3 rings (SSSR count). The Morgan fingerprint density at radius 1 is 1.17 bits per heavy atom. The minimum absolute atomic E-state index is 0.00741. The Bertz CT molecular complexity index is 1030. The van der Waals surface area contributed by atoms with Crippen molar-refractivity contribution in [1.82, 2.24) is 4.90 Å². The maximum absolute atomic E-state index is 12.7. The van der Waals surface area contributed by atoms with Crippen LogP contribution in [0.15, 0.2) is 53.4 Å². The number of carboxylic acids is 1. The quantitative estimate of drug-likeness (QED) is 0.582. The number of carbonyl (C=O) groups excluding carboxylic acids is 2. The Hall–Kier alpha value is -2.97. The summed E-state index contributed by atoms with van der Waals surface area (Å²) in [5.74, 6) is -1.91. The average molecular weight is 427 g/mol. The monoisotopic (exact) mass is 426 g/mol. The molecule has 0 saturated carbocycles. The van der Waals surface area contributed by atoms with Crippen LogP contribution in [0.3, 0.4) is 0 Å². The first kappa shape index (κ1) is 20.8. The Kier molecular flexibility index (Phi) is 6.14. The van der Waals surface area contributed by atoms with Crippen LogP contribution in [0.2, 0.25) is 0 Å². The number of benzene rings is 2. The minimum atomic E-state index is -1.13. The lowest BCUT2D eigenvalue weighted by Gasteiger charge is -2.22. The first-order chi connectivity index (χ1) is 13.8. The number of hydrogen-bond acceptors (Lipinski definition) is 5. The van der Waals surface area contributed by atoms with Gasteiger partial charge in [-0.25, -0.2) is 4.79 Å². The third kappa shape index (κ3) is 4.55. The smallest absolute Gasteiger partial charge is 0.337 e. The van der Waals surface area contributed by atoms with Crippen LogP contribution < -0.4 is 4.90 Å². The molecule has 0 aliphatic carbocycles. The number of hydrogen-bond donors (Lipinski definition) is 1. The van der Waals surface area contributed by atoms with Crippen LogP contribution in [0.4, 0.5) is 5.69 Å². The number of amides is 2. The van der Waals surface area contributed by atoms with Crippen LogP contribution in [0.25, 0.3) is 6.08 Å². The molecule has 2 amide bonds. The molecule has 1 heterocycles. The van der Waals surface area contributed by atoms with Gasteiger partial charge >= 0.3 is 5.97 Å². The number of aryl methyl sites for hydroxylation is 1. The Labute approximate surface area is 177 Å². The van der Waals surface area contributed by atoms with Gasteiger partial charge in [0.15, 0.2) is 0 Å². The summed E-state index contributed by atoms with van der Waals surface area (Å²) < 4.78 is 0.293. The molecule has 0 unspecified atom stereocenters. The lowest BCUT2D eigenvalue weighted by molar-refractivity contribution is -0.127. The Morgan fingerprint density at radius 2 is 1.83 bits per heavy atom. The van der Waals surface area contributed by atoms with Crippen molar-refractivity contribution in [3.63, 3.8) is 0 Å². The van der Waals surface area contributed by atoms with E-state index in [-0.39, 0.29) is 23.7 Å². The molecule has 1 N–H and O–H groups in total. The van der Waals surface area contributed by atoms with E-state index in [9.17, 15) is 19.5 Å². The molecule has 1 fully saturated rings. The maximum atomic E-state index is 12.7. The second-order valence-electron chi connectivity index (χ2n) is 6.45. The molecule has 1 saturated heterocycles. The fraction of sp³-hybridized carbons (Fsp3) is 0.143. The van der Waals surface area contributed by atoms with E-state index < -0.39 is 11.9 Å². The van der Waals surface area contributed by atoms with Crippen molar-refractivity contribution < 1.29 is 19.5 Å². The number of para-hydroxylation sites is 1. The largest absolute Gasteiger partial charge is 0.478 e. The first-order valence-electron chi connectivity index (χ1n) is 8.69. The zero-order valence-electron chi connectivity index (χ0n) is 15.8. The fourth-order valence-electron chi connectivity index (χ4n) is 2.77. The molecular formula is C21H18N2O4S2. The molecule has 8 heteroatoms. The maximum Gasteiger partial charge on any atom is 0.337 e. The van der Waals surface area contributed by atoms with Crippen molar-refractivity contribution in [2.45, 2.75) is 6.92 Å². The summed E-state index contributed by atoms with van der Waals surface area (Å²) in [5, 5.41) is 9.32. The molecular weight excluding hydrogens is 408 g/mol. The van der Waals surface area contributed by atoms with Crippen LogP contribution in [0, 0.1) is 6.92 Å². The van der Waals surface area contributed by atoms with E-state index in [0.29, 0.717) is 9.23 Å². The predicted octanol–water partition coefficient (Wildman–Crippen LogP) is 3.56. The summed E-state index contributed by atoms with van der Waals surface area (Å²) in [5.41, 5.74) is 2.25. The number of aromatic carboxylic acids is 1. The van der Waals surface area contributed by atoms with Gasteiger partial charge in [0.05, 0.1) is 16.2 Å². The van der Waals surface area contributed by atoms with Crippen molar-refractivity contribution in [3.05, 3.63) is 70.1 Å². The summed E-state index contributed by atoms with van der Waals surface area (Å²) in [6, 6.07) is 13.9. The van der Waals surface area contributed by atoms with Crippen LogP contribution in [-0.2, 0) is 9.59 Å². The molecule has 1 aliphatic heterocycles. The normalized spacial score (nSPS) is 15.1. The van der Waals surface area contributed by atoms with Crippen molar-refractivity contribution >= 4 is 57.8 Å². The molecule has 0 spiro atoms. The molecule has 148 valence electrons. The average Bonchev–Trinajstić information content (AvgIpc) is 2.96. The molecule has 0 radical (unpaired) electrons. The van der Waals surface area contributed by atoms with Gasteiger partial charge in [-0.2, -0.15) is 0 Å². The van der Waals surface area contributed by atoms with Gasteiger partial charge < -0.3 is 10.0 Å². The fourth-order valence-corrected chi connectivity index (χ4v) is 4.03. The lowest BCUT2D eigenvalue weighted by Crippen LogP contribution is -2.40. The molecule has 0 bridgehead atoms. The number of carbonyl (C=O) groups is 3. The van der Waals surface area contributed by atoms with Gasteiger partial charge in [0, 0.05) is 7.05 Å². The van der Waals surface area contributed by atoms with Gasteiger partial charge in [0.1, 0.15) is 10.9 Å². The van der Waals surface area contributed by atoms with Gasteiger partial charge in [-0.1, -0.05) is 65.9 Å². The summed E-state index contributed by atoms with van der Waals surface area (Å²) in [6.07, 6.45) is 1.74. The van der Waals surface area contributed by atoms with E-state index in [0.717, 1.165) is 22.9 Å². The lowest BCUT2D eigenvalue weighted by atomic mass is 10.1. The Morgan fingerprint density at radius 3 is 2.48 bits per heavy atom. The highest BCUT2D eigenvalue weighted by Crippen LogP contribution is 2.32. The zero-order valence-corrected chi connectivity index (χ0v) is 17.4. The first-order valence-corrected chi connectivity index (χ1v) is 9.91. The van der Waals surface area contributed by atoms with Crippen molar-refractivity contribution in [2.24, 2.45) is 0 Å². The summed E-state index contributed by atoms with van der Waals surface area (Å²) in [7, 11) is 1.48. The van der Waals surface area contributed by atoms with Crippen LogP contribution in [0.5, 0.6) is 0 Å². The number of likely N-dealkylation sites (N-methyl/N-ethyl adjacent to an activating group) is 1. The topological polar surface area (TPSA) is 77.9 Å². The van der Waals surface area contributed by atoms with Gasteiger partial charge in [-0.05, 0) is 30.7 Å². The van der Waals surface area contributed by atoms with Gasteiger partial charge in [-0.3, -0.25) is 14.5 Å². The van der Waals surface area contributed by atoms with Crippen LogP contribution in [-0.4, -0.2) is 45.7 Å². The summed E-state index contributed by atoms with van der Waals surface area (Å²) in [4.78, 5) is 39.8. The second kappa shape index (κ2) is 8.59. The molecule has 0 atom stereocenters. The predicted molar refractivity (Wildman–Crippen MR) is 118 cm³/mol. The zero-order chi connectivity index (χ0) is 21.1. The molecule has 1 aliphatic rings. The van der Waals surface area contributed by atoms with E-state index in [4.69, 9.17) is 12.2 Å². The van der Waals surface area contributed by atoms with Crippen molar-refractivity contribution in [3.8, 4) is 0 Å². The molecule has 6 nitrogen and oxygen atoms in total. The van der Waals surface area contributed by atoms with E-state index in [1.165, 1.54) is 22.9 Å². The highest BCUT2D eigenvalue weighted by molar-refractivity contribution is 8.26. The second-order valence-corrected chi connectivity index (χ2v) is 8.13. The van der Waals surface area contributed by atoms with Gasteiger partial charge in [0.25, 0.3) is 5.91 Å². The van der Waals surface area contributed by atoms with E-state index in [2.05, 4.69) is 0 Å². The number of thioether (sulfide) groups is 1. The molecule has 2 aromatic carbocycles. The van der Waals surface area contributed by atoms with E-state index in [1.54, 1.807) is 24.3 Å². The summed E-state index contributed by atoms with van der Waals surface area (Å²) >= 11 is 6.43. The van der Waals surface area contributed by atoms with Gasteiger partial charge in [-0.15, -0.1) is 0 Å². The highest BCUT2D eigenvalue weighted by Gasteiger charge is 2.34. The number of carboxylic acid groups (broad SMARTS) is 1. The SMILES string of the molecule is Cc1ccc(/C=C2\SC(=S)N(CC(=O)N(C)c3ccccc3C(=O)O)C2=O)cc1. The number of thiocarbonyl (C=S) groups is 1. The Balaban J connectivity index is 1.77. The van der Waals surface area contributed by atoms with Crippen molar-refractivity contribution in [2.75, 3.05) is 18.5 Å². The molecule has 2 aromatic rings. The number of rotatable bonds is 5. The summed E-state index contributed by atoms with van der Waals surface area (Å²) in [6.45, 7) is 1.72. The number of anilines is 1.